The number of rotatable bonds is 3. The lowest BCUT2D eigenvalue weighted by molar-refractivity contribution is 0.220. The second kappa shape index (κ2) is 5.59. The zero-order valence-electron chi connectivity index (χ0n) is 12.3. The van der Waals surface area contributed by atoms with E-state index in [-0.39, 0.29) is 22.8 Å². The third kappa shape index (κ3) is 6.22. The van der Waals surface area contributed by atoms with Crippen LogP contribution in [0.25, 0.3) is 0 Å². The molecule has 0 aliphatic rings. The zero-order chi connectivity index (χ0) is 14.7. The Labute approximate surface area is 114 Å². The molecule has 0 aliphatic carbocycles. The molecule has 3 nitrogen and oxygen atoms in total. The number of carbonyl (C=O) groups is 1. The van der Waals surface area contributed by atoms with Gasteiger partial charge in [0.25, 0.3) is 0 Å². The summed E-state index contributed by atoms with van der Waals surface area (Å²) >= 11 is 0. The van der Waals surface area contributed by atoms with Gasteiger partial charge >= 0.3 is 6.03 Å². The van der Waals surface area contributed by atoms with Crippen LogP contribution in [0.1, 0.15) is 41.0 Å². The van der Waals surface area contributed by atoms with Crippen molar-refractivity contribution >= 4 is 11.7 Å². The predicted octanol–water partition coefficient (Wildman–Crippen LogP) is 4.16. The summed E-state index contributed by atoms with van der Waals surface area (Å²) < 4.78 is 12.8. The molecule has 106 valence electrons. The van der Waals surface area contributed by atoms with Gasteiger partial charge in [-0.1, -0.05) is 20.8 Å². The van der Waals surface area contributed by atoms with E-state index in [2.05, 4.69) is 31.4 Å². The van der Waals surface area contributed by atoms with Gasteiger partial charge in [-0.3, -0.25) is 0 Å². The molecule has 2 N–H and O–H groups in total. The molecule has 0 atom stereocenters. The molecule has 2 amide bonds. The van der Waals surface area contributed by atoms with Gasteiger partial charge in [0.05, 0.1) is 0 Å². The molecule has 0 saturated carbocycles. The van der Waals surface area contributed by atoms with Crippen molar-refractivity contribution in [3.05, 3.63) is 30.1 Å². The van der Waals surface area contributed by atoms with Crippen molar-refractivity contribution in [2.45, 2.75) is 46.6 Å². The fourth-order valence-electron chi connectivity index (χ4n) is 2.37. The SMILES string of the molecule is CC(C)(C)CC(C)(C)NC(=O)Nc1ccc(F)cc1. The Morgan fingerprint density at radius 1 is 1.11 bits per heavy atom. The third-order valence-corrected chi connectivity index (χ3v) is 2.53. The highest BCUT2D eigenvalue weighted by molar-refractivity contribution is 5.89. The van der Waals surface area contributed by atoms with Crippen LogP contribution in [-0.2, 0) is 0 Å². The smallest absolute Gasteiger partial charge is 0.319 e. The average molecular weight is 266 g/mol. The zero-order valence-corrected chi connectivity index (χ0v) is 12.3. The normalized spacial score (nSPS) is 12.1. The highest BCUT2D eigenvalue weighted by Crippen LogP contribution is 2.26. The summed E-state index contributed by atoms with van der Waals surface area (Å²) in [5.41, 5.74) is 0.403. The van der Waals surface area contributed by atoms with E-state index in [1.54, 1.807) is 0 Å². The van der Waals surface area contributed by atoms with E-state index in [0.29, 0.717) is 5.69 Å². The first-order valence-electron chi connectivity index (χ1n) is 6.42. The highest BCUT2D eigenvalue weighted by Gasteiger charge is 2.26. The van der Waals surface area contributed by atoms with Crippen LogP contribution in [0.4, 0.5) is 14.9 Å². The molecule has 0 fully saturated rings. The molecule has 0 radical (unpaired) electrons. The first-order valence-corrected chi connectivity index (χ1v) is 6.42. The Morgan fingerprint density at radius 2 is 1.63 bits per heavy atom. The van der Waals surface area contributed by atoms with Crippen LogP contribution in [0, 0.1) is 11.2 Å². The third-order valence-electron chi connectivity index (χ3n) is 2.53. The van der Waals surface area contributed by atoms with Crippen LogP contribution in [0.15, 0.2) is 24.3 Å². The fourth-order valence-corrected chi connectivity index (χ4v) is 2.37. The van der Waals surface area contributed by atoms with Gasteiger partial charge in [-0.15, -0.1) is 0 Å². The van der Waals surface area contributed by atoms with Gasteiger partial charge in [-0.05, 0) is 49.9 Å². The van der Waals surface area contributed by atoms with Crippen LogP contribution in [0.5, 0.6) is 0 Å². The summed E-state index contributed by atoms with van der Waals surface area (Å²) in [5.74, 6) is -0.320. The highest BCUT2D eigenvalue weighted by atomic mass is 19.1. The number of hydrogen-bond acceptors (Lipinski definition) is 1. The van der Waals surface area contributed by atoms with Gasteiger partial charge in [0, 0.05) is 11.2 Å². The minimum Gasteiger partial charge on any atom is -0.333 e. The Morgan fingerprint density at radius 3 is 2.11 bits per heavy atom. The maximum absolute atomic E-state index is 12.8. The van der Waals surface area contributed by atoms with Crippen molar-refractivity contribution in [1.29, 1.82) is 0 Å². The molecule has 0 aliphatic heterocycles. The topological polar surface area (TPSA) is 41.1 Å². The Kier molecular flexibility index (Phi) is 4.56. The van der Waals surface area contributed by atoms with Gasteiger partial charge in [0.15, 0.2) is 0 Å². The van der Waals surface area contributed by atoms with Gasteiger partial charge in [0.2, 0.25) is 0 Å². The van der Waals surface area contributed by atoms with E-state index >= 15 is 0 Å². The molecule has 0 saturated heterocycles. The number of urea groups is 1. The molecule has 19 heavy (non-hydrogen) atoms. The van der Waals surface area contributed by atoms with Gasteiger partial charge in [0.1, 0.15) is 5.82 Å². The summed E-state index contributed by atoms with van der Waals surface area (Å²) in [6.07, 6.45) is 0.858. The van der Waals surface area contributed by atoms with Crippen LogP contribution in [0.2, 0.25) is 0 Å². The molecule has 4 heteroatoms. The Bertz CT molecular complexity index is 432. The van der Waals surface area contributed by atoms with Crippen LogP contribution >= 0.6 is 0 Å². The maximum Gasteiger partial charge on any atom is 0.319 e. The van der Waals surface area contributed by atoms with E-state index in [0.717, 1.165) is 6.42 Å². The van der Waals surface area contributed by atoms with E-state index in [9.17, 15) is 9.18 Å². The van der Waals surface area contributed by atoms with Crippen molar-refractivity contribution in [2.24, 2.45) is 5.41 Å². The van der Waals surface area contributed by atoms with Crippen LogP contribution < -0.4 is 10.6 Å². The number of anilines is 1. The standard InChI is InChI=1S/C15H23FN2O/c1-14(2,3)10-15(4,5)18-13(19)17-12-8-6-11(16)7-9-12/h6-9H,10H2,1-5H3,(H2,17,18,19). The first-order chi connectivity index (χ1) is 8.57. The lowest BCUT2D eigenvalue weighted by atomic mass is 9.82. The van der Waals surface area contributed by atoms with Gasteiger partial charge in [-0.2, -0.15) is 0 Å². The lowest BCUT2D eigenvalue weighted by Gasteiger charge is -2.33. The quantitative estimate of drug-likeness (QED) is 0.847. The van der Waals surface area contributed by atoms with E-state index in [4.69, 9.17) is 0 Å². The van der Waals surface area contributed by atoms with Crippen molar-refractivity contribution in [2.75, 3.05) is 5.32 Å². The van der Waals surface area contributed by atoms with Gasteiger partial charge in [-0.25, -0.2) is 9.18 Å². The van der Waals surface area contributed by atoms with E-state index in [1.807, 2.05) is 13.8 Å². The van der Waals surface area contributed by atoms with E-state index < -0.39 is 0 Å². The average Bonchev–Trinajstić information content (AvgIpc) is 2.16. The van der Waals surface area contributed by atoms with Crippen molar-refractivity contribution in [3.63, 3.8) is 0 Å². The maximum atomic E-state index is 12.8. The predicted molar refractivity (Wildman–Crippen MR) is 76.7 cm³/mol. The second-order valence-electron chi connectivity index (χ2n) is 6.71. The molecule has 1 aromatic carbocycles. The molecule has 0 bridgehead atoms. The van der Waals surface area contributed by atoms with Crippen molar-refractivity contribution in [1.82, 2.24) is 5.32 Å². The number of amides is 2. The number of hydrogen-bond donors (Lipinski definition) is 2. The fraction of sp³-hybridized carbons (Fsp3) is 0.533. The molecular formula is C15H23FN2O. The van der Waals surface area contributed by atoms with Gasteiger partial charge < -0.3 is 10.6 Å². The van der Waals surface area contributed by atoms with Crippen LogP contribution in [0.3, 0.4) is 0 Å². The monoisotopic (exact) mass is 266 g/mol. The lowest BCUT2D eigenvalue weighted by Crippen LogP contribution is -2.47. The molecule has 0 unspecified atom stereocenters. The molecule has 0 aromatic heterocycles. The number of carbonyl (C=O) groups excluding carboxylic acids is 1. The molecule has 0 spiro atoms. The molecule has 1 aromatic rings. The Balaban J connectivity index is 2.57. The number of halogens is 1. The largest absolute Gasteiger partial charge is 0.333 e. The second-order valence-corrected chi connectivity index (χ2v) is 6.71. The number of benzene rings is 1. The number of nitrogens with one attached hydrogen (secondary N) is 2. The van der Waals surface area contributed by atoms with Crippen molar-refractivity contribution < 1.29 is 9.18 Å². The summed E-state index contributed by atoms with van der Waals surface area (Å²) in [6.45, 7) is 10.4. The summed E-state index contributed by atoms with van der Waals surface area (Å²) in [4.78, 5) is 11.9. The minimum atomic E-state index is -0.320. The van der Waals surface area contributed by atoms with Crippen LogP contribution in [-0.4, -0.2) is 11.6 Å². The molecule has 1 rings (SSSR count). The minimum absolute atomic E-state index is 0.132. The summed E-state index contributed by atoms with van der Waals surface area (Å²) in [7, 11) is 0. The molecular weight excluding hydrogens is 243 g/mol. The van der Waals surface area contributed by atoms with Crippen molar-refractivity contribution in [3.8, 4) is 0 Å². The first kappa shape index (κ1) is 15.5. The van der Waals surface area contributed by atoms with E-state index in [1.165, 1.54) is 24.3 Å². The molecule has 0 heterocycles. The Hall–Kier alpha value is -1.58. The summed E-state index contributed by atoms with van der Waals surface area (Å²) in [5, 5.41) is 5.63. The summed E-state index contributed by atoms with van der Waals surface area (Å²) in [6, 6.07) is 5.42.